The molecule has 0 aliphatic heterocycles. The Balaban J connectivity index is 1.93. The summed E-state index contributed by atoms with van der Waals surface area (Å²) in [4.78, 5) is 12.6. The molecule has 1 amide bonds. The molecule has 2 aromatic carbocycles. The van der Waals surface area contributed by atoms with E-state index in [1.54, 1.807) is 6.92 Å². The van der Waals surface area contributed by atoms with Gasteiger partial charge in [0.05, 0.1) is 0 Å². The summed E-state index contributed by atoms with van der Waals surface area (Å²) in [5.41, 5.74) is 2.56. The molecule has 1 aromatic heterocycles. The number of aryl methyl sites for hydroxylation is 1. The molecule has 1 N–H and O–H groups in total. The molecule has 22 heavy (non-hydrogen) atoms. The molecule has 0 aliphatic rings. The first-order valence-corrected chi connectivity index (χ1v) is 7.53. The molecule has 4 nitrogen and oxygen atoms in total. The number of carbonyl (C=O) groups is 1. The van der Waals surface area contributed by atoms with Crippen molar-refractivity contribution in [1.29, 1.82) is 0 Å². The third kappa shape index (κ3) is 2.94. The standard InChI is InChI=1S/C17H13BrN2O2/c1-11-15(16(20-22-11)12-5-3-2-4-6-12)17(21)19-14-9-7-13(18)8-10-14/h2-10H,1H3,(H,19,21). The van der Waals surface area contributed by atoms with Gasteiger partial charge in [-0.25, -0.2) is 0 Å². The van der Waals surface area contributed by atoms with Crippen molar-refractivity contribution in [1.82, 2.24) is 5.16 Å². The number of amides is 1. The summed E-state index contributed by atoms with van der Waals surface area (Å²) in [6.07, 6.45) is 0. The molecule has 0 atom stereocenters. The Bertz CT molecular complexity index is 795. The van der Waals surface area contributed by atoms with Crippen molar-refractivity contribution >= 4 is 27.5 Å². The van der Waals surface area contributed by atoms with Crippen LogP contribution in [0.15, 0.2) is 63.6 Å². The Morgan fingerprint density at radius 1 is 1.09 bits per heavy atom. The molecule has 3 rings (SSSR count). The van der Waals surface area contributed by atoms with Crippen LogP contribution in [0, 0.1) is 6.92 Å². The topological polar surface area (TPSA) is 55.1 Å². The van der Waals surface area contributed by atoms with Gasteiger partial charge in [0.15, 0.2) is 0 Å². The van der Waals surface area contributed by atoms with Crippen molar-refractivity contribution in [2.24, 2.45) is 0 Å². The lowest BCUT2D eigenvalue weighted by atomic mass is 10.1. The van der Waals surface area contributed by atoms with Crippen molar-refractivity contribution < 1.29 is 9.32 Å². The van der Waals surface area contributed by atoms with Gasteiger partial charge in [-0.05, 0) is 31.2 Å². The fraction of sp³-hybridized carbons (Fsp3) is 0.0588. The molecule has 110 valence electrons. The number of nitrogens with zero attached hydrogens (tertiary/aromatic N) is 1. The summed E-state index contributed by atoms with van der Waals surface area (Å²) in [6.45, 7) is 1.73. The van der Waals surface area contributed by atoms with Crippen molar-refractivity contribution in [2.45, 2.75) is 6.92 Å². The van der Waals surface area contributed by atoms with Gasteiger partial charge in [0, 0.05) is 15.7 Å². The van der Waals surface area contributed by atoms with Gasteiger partial charge in [0.1, 0.15) is 17.0 Å². The van der Waals surface area contributed by atoms with E-state index in [0.29, 0.717) is 22.7 Å². The van der Waals surface area contributed by atoms with Crippen LogP contribution in [-0.2, 0) is 0 Å². The van der Waals surface area contributed by atoms with Gasteiger partial charge in [-0.3, -0.25) is 4.79 Å². The Labute approximate surface area is 136 Å². The van der Waals surface area contributed by atoms with Crippen LogP contribution in [0.4, 0.5) is 5.69 Å². The smallest absolute Gasteiger partial charge is 0.261 e. The fourth-order valence-electron chi connectivity index (χ4n) is 2.16. The monoisotopic (exact) mass is 356 g/mol. The van der Waals surface area contributed by atoms with Crippen LogP contribution in [0.3, 0.4) is 0 Å². The third-order valence-electron chi connectivity index (χ3n) is 3.24. The molecule has 0 saturated heterocycles. The molecule has 1 heterocycles. The third-order valence-corrected chi connectivity index (χ3v) is 3.77. The second kappa shape index (κ2) is 6.15. The SMILES string of the molecule is Cc1onc(-c2ccccc2)c1C(=O)Nc1ccc(Br)cc1. The number of hydrogen-bond acceptors (Lipinski definition) is 3. The minimum atomic E-state index is -0.236. The number of halogens is 1. The molecule has 0 saturated carbocycles. The Morgan fingerprint density at radius 2 is 1.77 bits per heavy atom. The molecule has 3 aromatic rings. The summed E-state index contributed by atoms with van der Waals surface area (Å²) < 4.78 is 6.16. The summed E-state index contributed by atoms with van der Waals surface area (Å²) in [5.74, 6) is 0.258. The molecular weight excluding hydrogens is 344 g/mol. The quantitative estimate of drug-likeness (QED) is 0.741. The summed E-state index contributed by atoms with van der Waals surface area (Å²) >= 11 is 3.37. The highest BCUT2D eigenvalue weighted by molar-refractivity contribution is 9.10. The van der Waals surface area contributed by atoms with E-state index < -0.39 is 0 Å². The van der Waals surface area contributed by atoms with Gasteiger partial charge in [-0.2, -0.15) is 0 Å². The highest BCUT2D eigenvalue weighted by Crippen LogP contribution is 2.26. The van der Waals surface area contributed by atoms with Gasteiger partial charge in [0.2, 0.25) is 0 Å². The average molecular weight is 357 g/mol. The van der Waals surface area contributed by atoms with Gasteiger partial charge in [-0.15, -0.1) is 0 Å². The number of rotatable bonds is 3. The Morgan fingerprint density at radius 3 is 2.45 bits per heavy atom. The van der Waals surface area contributed by atoms with E-state index in [1.807, 2.05) is 54.6 Å². The van der Waals surface area contributed by atoms with Gasteiger partial charge >= 0.3 is 0 Å². The number of aromatic nitrogens is 1. The number of hydrogen-bond donors (Lipinski definition) is 1. The Hall–Kier alpha value is -2.40. The maximum Gasteiger partial charge on any atom is 0.261 e. The van der Waals surface area contributed by atoms with Crippen LogP contribution in [0.1, 0.15) is 16.1 Å². The zero-order chi connectivity index (χ0) is 15.5. The maximum absolute atomic E-state index is 12.6. The number of benzene rings is 2. The Kier molecular flexibility index (Phi) is 4.06. The first-order chi connectivity index (χ1) is 10.6. The van der Waals surface area contributed by atoms with Crippen LogP contribution in [-0.4, -0.2) is 11.1 Å². The minimum absolute atomic E-state index is 0.236. The summed E-state index contributed by atoms with van der Waals surface area (Å²) in [5, 5.41) is 6.88. The zero-order valence-corrected chi connectivity index (χ0v) is 13.4. The molecule has 0 radical (unpaired) electrons. The average Bonchev–Trinajstić information content (AvgIpc) is 2.92. The van der Waals surface area contributed by atoms with Gasteiger partial charge < -0.3 is 9.84 Å². The van der Waals surface area contributed by atoms with Crippen molar-refractivity contribution in [2.75, 3.05) is 5.32 Å². The first kappa shape index (κ1) is 14.5. The predicted molar refractivity (Wildman–Crippen MR) is 88.8 cm³/mol. The molecule has 0 aliphatic carbocycles. The lowest BCUT2D eigenvalue weighted by molar-refractivity contribution is 0.102. The van der Waals surface area contributed by atoms with Crippen LogP contribution < -0.4 is 5.32 Å². The molecule has 0 fully saturated rings. The molecule has 0 bridgehead atoms. The van der Waals surface area contributed by atoms with Gasteiger partial charge in [-0.1, -0.05) is 51.4 Å². The largest absolute Gasteiger partial charge is 0.360 e. The van der Waals surface area contributed by atoms with E-state index in [0.717, 1.165) is 10.0 Å². The molecule has 0 spiro atoms. The number of carbonyl (C=O) groups excluding carboxylic acids is 1. The van der Waals surface area contributed by atoms with E-state index in [2.05, 4.69) is 26.4 Å². The highest BCUT2D eigenvalue weighted by atomic mass is 79.9. The summed E-state index contributed by atoms with van der Waals surface area (Å²) in [7, 11) is 0. The van der Waals surface area contributed by atoms with Crippen molar-refractivity contribution in [3.63, 3.8) is 0 Å². The lowest BCUT2D eigenvalue weighted by Crippen LogP contribution is -2.13. The van der Waals surface area contributed by atoms with E-state index in [4.69, 9.17) is 4.52 Å². The van der Waals surface area contributed by atoms with Crippen molar-refractivity contribution in [3.8, 4) is 11.3 Å². The fourth-order valence-corrected chi connectivity index (χ4v) is 2.42. The van der Waals surface area contributed by atoms with Gasteiger partial charge in [0.25, 0.3) is 5.91 Å². The summed E-state index contributed by atoms with van der Waals surface area (Å²) in [6, 6.07) is 16.9. The molecular formula is C17H13BrN2O2. The highest BCUT2D eigenvalue weighted by Gasteiger charge is 2.21. The number of anilines is 1. The first-order valence-electron chi connectivity index (χ1n) is 6.74. The van der Waals surface area contributed by atoms with Crippen LogP contribution in [0.2, 0.25) is 0 Å². The normalized spacial score (nSPS) is 10.5. The second-order valence-electron chi connectivity index (χ2n) is 4.79. The van der Waals surface area contributed by atoms with Crippen LogP contribution in [0.25, 0.3) is 11.3 Å². The zero-order valence-electron chi connectivity index (χ0n) is 11.8. The minimum Gasteiger partial charge on any atom is -0.360 e. The lowest BCUT2D eigenvalue weighted by Gasteiger charge is -2.06. The second-order valence-corrected chi connectivity index (χ2v) is 5.71. The van der Waals surface area contributed by atoms with Crippen LogP contribution >= 0.6 is 15.9 Å². The van der Waals surface area contributed by atoms with E-state index in [-0.39, 0.29) is 5.91 Å². The predicted octanol–water partition coefficient (Wildman–Crippen LogP) is 4.66. The van der Waals surface area contributed by atoms with E-state index in [1.165, 1.54) is 0 Å². The van der Waals surface area contributed by atoms with Crippen LogP contribution in [0.5, 0.6) is 0 Å². The maximum atomic E-state index is 12.6. The molecule has 5 heteroatoms. The van der Waals surface area contributed by atoms with Crippen molar-refractivity contribution in [3.05, 3.63) is 70.4 Å². The molecule has 0 unspecified atom stereocenters. The van der Waals surface area contributed by atoms with E-state index >= 15 is 0 Å². The van der Waals surface area contributed by atoms with E-state index in [9.17, 15) is 4.79 Å². The number of nitrogens with one attached hydrogen (secondary N) is 1.